The molecule has 2 N–H and O–H groups in total. The van der Waals surface area contributed by atoms with Crippen molar-refractivity contribution in [3.63, 3.8) is 0 Å². The number of carbonyl (C=O) groups is 1. The van der Waals surface area contributed by atoms with Crippen molar-refractivity contribution in [2.24, 2.45) is 0 Å². The second kappa shape index (κ2) is 7.96. The lowest BCUT2D eigenvalue weighted by atomic mass is 10.1. The number of ether oxygens (including phenoxy) is 1. The summed E-state index contributed by atoms with van der Waals surface area (Å²) in [5, 5.41) is 9.27. The topological polar surface area (TPSA) is 70.2 Å². The monoisotopic (exact) mass is 402 g/mol. The van der Waals surface area contributed by atoms with E-state index in [1.165, 1.54) is 18.2 Å². The first-order valence-electron chi connectivity index (χ1n) is 8.96. The van der Waals surface area contributed by atoms with E-state index in [9.17, 15) is 18.0 Å². The highest BCUT2D eigenvalue weighted by Crippen LogP contribution is 2.30. The molecule has 9 heteroatoms. The molecule has 1 aromatic heterocycles. The first-order chi connectivity index (χ1) is 14.0. The number of carbonyl (C=O) groups excluding carboxylic acids is 1. The third kappa shape index (κ3) is 4.09. The average Bonchev–Trinajstić information content (AvgIpc) is 3.22. The Labute approximate surface area is 164 Å². The maximum absolute atomic E-state index is 13.8. The Hall–Kier alpha value is -3.33. The molecule has 1 fully saturated rings. The Morgan fingerprint density at radius 2 is 1.72 bits per heavy atom. The maximum atomic E-state index is 13.8. The number of aromatic amines is 1. The van der Waals surface area contributed by atoms with E-state index in [1.54, 1.807) is 12.1 Å². The van der Waals surface area contributed by atoms with Crippen molar-refractivity contribution in [1.29, 1.82) is 0 Å². The Bertz CT molecular complexity index is 1030. The van der Waals surface area contributed by atoms with E-state index in [0.29, 0.717) is 43.2 Å². The molecule has 150 valence electrons. The zero-order valence-electron chi connectivity index (χ0n) is 15.2. The summed E-state index contributed by atoms with van der Waals surface area (Å²) in [4.78, 5) is 14.5. The smallest absolute Gasteiger partial charge is 0.273 e. The van der Waals surface area contributed by atoms with E-state index in [1.807, 2.05) is 4.90 Å². The number of H-pyrrole nitrogens is 1. The molecule has 0 bridgehead atoms. The lowest BCUT2D eigenvalue weighted by Gasteiger charge is -2.30. The fraction of sp³-hybridized carbons (Fsp3) is 0.200. The quantitative estimate of drug-likeness (QED) is 0.700. The summed E-state index contributed by atoms with van der Waals surface area (Å²) >= 11 is 0. The van der Waals surface area contributed by atoms with E-state index in [0.717, 1.165) is 12.1 Å². The van der Waals surface area contributed by atoms with Crippen LogP contribution in [0.1, 0.15) is 10.5 Å². The standard InChI is InChI=1S/C20H17F3N4O2/c21-13-3-1-12(2-4-13)16-11-18(26-25-16)20(28)24-17-9-14(22)15(23)10-19(17)27-5-7-29-8-6-27/h1-4,9-11H,5-8H2,(H,24,28)(H,25,26). The van der Waals surface area contributed by atoms with Crippen LogP contribution in [0.15, 0.2) is 42.5 Å². The summed E-state index contributed by atoms with van der Waals surface area (Å²) in [6, 6.07) is 9.18. The predicted molar refractivity (Wildman–Crippen MR) is 101 cm³/mol. The number of amides is 1. The first-order valence-corrected chi connectivity index (χ1v) is 8.96. The van der Waals surface area contributed by atoms with Crippen molar-refractivity contribution in [1.82, 2.24) is 10.2 Å². The van der Waals surface area contributed by atoms with Crippen LogP contribution >= 0.6 is 0 Å². The zero-order chi connectivity index (χ0) is 20.4. The van der Waals surface area contributed by atoms with Crippen LogP contribution in [0.3, 0.4) is 0 Å². The first kappa shape index (κ1) is 19.0. The van der Waals surface area contributed by atoms with Gasteiger partial charge in [-0.15, -0.1) is 0 Å². The second-order valence-electron chi connectivity index (χ2n) is 6.51. The van der Waals surface area contributed by atoms with Gasteiger partial charge in [-0.2, -0.15) is 5.10 Å². The van der Waals surface area contributed by atoms with Crippen molar-refractivity contribution < 1.29 is 22.7 Å². The van der Waals surface area contributed by atoms with Crippen molar-refractivity contribution in [2.45, 2.75) is 0 Å². The fourth-order valence-corrected chi connectivity index (χ4v) is 3.10. The molecule has 1 aliphatic rings. The SMILES string of the molecule is O=C(Nc1cc(F)c(F)cc1N1CCOCC1)c1cc(-c2ccc(F)cc2)n[nH]1. The number of aromatic nitrogens is 2. The highest BCUT2D eigenvalue weighted by molar-refractivity contribution is 6.05. The minimum atomic E-state index is -1.06. The van der Waals surface area contributed by atoms with Crippen molar-refractivity contribution in [3.05, 3.63) is 65.6 Å². The molecule has 29 heavy (non-hydrogen) atoms. The van der Waals surface area contributed by atoms with E-state index in [2.05, 4.69) is 15.5 Å². The highest BCUT2D eigenvalue weighted by atomic mass is 19.2. The van der Waals surface area contributed by atoms with Gasteiger partial charge < -0.3 is 15.0 Å². The summed E-state index contributed by atoms with van der Waals surface area (Å²) in [6.07, 6.45) is 0. The number of rotatable bonds is 4. The third-order valence-electron chi connectivity index (χ3n) is 4.60. The van der Waals surface area contributed by atoms with Gasteiger partial charge in [0.1, 0.15) is 11.5 Å². The molecule has 1 aliphatic heterocycles. The summed E-state index contributed by atoms with van der Waals surface area (Å²) in [6.45, 7) is 1.89. The van der Waals surface area contributed by atoms with Crippen LogP contribution in [0, 0.1) is 17.5 Å². The molecule has 4 rings (SSSR count). The van der Waals surface area contributed by atoms with E-state index >= 15 is 0 Å². The van der Waals surface area contributed by atoms with Gasteiger partial charge in [-0.1, -0.05) is 0 Å². The summed E-state index contributed by atoms with van der Waals surface area (Å²) < 4.78 is 46.0. The molecule has 1 amide bonds. The van der Waals surface area contributed by atoms with Crippen LogP contribution in [0.2, 0.25) is 0 Å². The van der Waals surface area contributed by atoms with Crippen molar-refractivity contribution in [3.8, 4) is 11.3 Å². The molecule has 6 nitrogen and oxygen atoms in total. The number of benzene rings is 2. The van der Waals surface area contributed by atoms with Crippen LogP contribution < -0.4 is 10.2 Å². The number of halogens is 3. The largest absolute Gasteiger partial charge is 0.378 e. The lowest BCUT2D eigenvalue weighted by Crippen LogP contribution is -2.37. The van der Waals surface area contributed by atoms with Gasteiger partial charge in [0.2, 0.25) is 0 Å². The minimum absolute atomic E-state index is 0.127. The molecule has 1 saturated heterocycles. The Kier molecular flexibility index (Phi) is 5.22. The molecule has 2 aromatic carbocycles. The number of anilines is 2. The fourth-order valence-electron chi connectivity index (χ4n) is 3.10. The van der Waals surface area contributed by atoms with Gasteiger partial charge in [0.05, 0.1) is 30.3 Å². The molecule has 0 saturated carbocycles. The van der Waals surface area contributed by atoms with Gasteiger partial charge in [-0.25, -0.2) is 13.2 Å². The van der Waals surface area contributed by atoms with Gasteiger partial charge in [-0.3, -0.25) is 9.89 Å². The molecule has 0 radical (unpaired) electrons. The third-order valence-corrected chi connectivity index (χ3v) is 4.60. The van der Waals surface area contributed by atoms with E-state index < -0.39 is 17.5 Å². The normalized spacial score (nSPS) is 14.1. The second-order valence-corrected chi connectivity index (χ2v) is 6.51. The number of hydrogen-bond acceptors (Lipinski definition) is 4. The number of nitrogens with one attached hydrogen (secondary N) is 2. The van der Waals surface area contributed by atoms with Crippen molar-refractivity contribution in [2.75, 3.05) is 36.5 Å². The van der Waals surface area contributed by atoms with Gasteiger partial charge in [0.15, 0.2) is 11.6 Å². The van der Waals surface area contributed by atoms with Crippen LogP contribution in [-0.2, 0) is 4.74 Å². The zero-order valence-corrected chi connectivity index (χ0v) is 15.2. The van der Waals surface area contributed by atoms with E-state index in [4.69, 9.17) is 4.74 Å². The van der Waals surface area contributed by atoms with Crippen LogP contribution in [0.25, 0.3) is 11.3 Å². The van der Waals surface area contributed by atoms with Gasteiger partial charge in [0.25, 0.3) is 5.91 Å². The molecule has 0 spiro atoms. The minimum Gasteiger partial charge on any atom is -0.378 e. The van der Waals surface area contributed by atoms with Crippen LogP contribution in [0.5, 0.6) is 0 Å². The molecule has 3 aromatic rings. The van der Waals surface area contributed by atoms with Gasteiger partial charge >= 0.3 is 0 Å². The molecular weight excluding hydrogens is 385 g/mol. The summed E-state index contributed by atoms with van der Waals surface area (Å²) in [7, 11) is 0. The molecule has 0 atom stereocenters. The highest BCUT2D eigenvalue weighted by Gasteiger charge is 2.20. The van der Waals surface area contributed by atoms with Crippen LogP contribution in [-0.4, -0.2) is 42.4 Å². The number of nitrogens with zero attached hydrogens (tertiary/aromatic N) is 2. The van der Waals surface area contributed by atoms with Crippen LogP contribution in [0.4, 0.5) is 24.5 Å². The van der Waals surface area contributed by atoms with Crippen molar-refractivity contribution >= 4 is 17.3 Å². The van der Waals surface area contributed by atoms with Gasteiger partial charge in [-0.05, 0) is 30.3 Å². The average molecular weight is 402 g/mol. The predicted octanol–water partition coefficient (Wildman–Crippen LogP) is 3.58. The molecular formula is C20H17F3N4O2. The number of hydrogen-bond donors (Lipinski definition) is 2. The maximum Gasteiger partial charge on any atom is 0.273 e. The Balaban J connectivity index is 1.58. The molecule has 2 heterocycles. The Morgan fingerprint density at radius 1 is 1.03 bits per heavy atom. The summed E-state index contributed by atoms with van der Waals surface area (Å²) in [5.74, 6) is -3.00. The lowest BCUT2D eigenvalue weighted by molar-refractivity contribution is 0.102. The van der Waals surface area contributed by atoms with Gasteiger partial charge in [0, 0.05) is 30.8 Å². The molecule has 0 aliphatic carbocycles. The Morgan fingerprint density at radius 3 is 2.45 bits per heavy atom. The molecule has 0 unspecified atom stereocenters. The summed E-state index contributed by atoms with van der Waals surface area (Å²) in [5.41, 5.74) is 1.73. The van der Waals surface area contributed by atoms with E-state index in [-0.39, 0.29) is 17.2 Å². The number of morpholine rings is 1.